The zero-order chi connectivity index (χ0) is 25.6. The largest absolute Gasteiger partial charge is 0.501 e. The van der Waals surface area contributed by atoms with E-state index in [2.05, 4.69) is 15.9 Å². The molecule has 0 unspecified atom stereocenters. The van der Waals surface area contributed by atoms with Gasteiger partial charge in [0.05, 0.1) is 33.7 Å². The molecule has 0 bridgehead atoms. The number of hydrogen-bond donors (Lipinski definition) is 1. The van der Waals surface area contributed by atoms with Gasteiger partial charge in [-0.05, 0) is 60.0 Å². The van der Waals surface area contributed by atoms with Gasteiger partial charge in [-0.25, -0.2) is 9.59 Å². The molecule has 0 aliphatic heterocycles. The number of phenols is 1. The van der Waals surface area contributed by atoms with Gasteiger partial charge in [0, 0.05) is 17.4 Å². The maximum atomic E-state index is 12.9. The molecule has 0 spiro atoms. The van der Waals surface area contributed by atoms with Crippen LogP contribution in [0.15, 0.2) is 22.2 Å². The van der Waals surface area contributed by atoms with Gasteiger partial charge >= 0.3 is 17.6 Å². The number of aromatic hydroxyl groups is 1. The number of nitrogens with zero attached hydrogens (tertiary/aromatic N) is 2. The van der Waals surface area contributed by atoms with Crippen LogP contribution in [-0.2, 0) is 20.7 Å². The smallest absolute Gasteiger partial charge is 0.348 e. The van der Waals surface area contributed by atoms with E-state index in [4.69, 9.17) is 9.47 Å². The number of ether oxygens (including phenoxy) is 2. The van der Waals surface area contributed by atoms with Gasteiger partial charge in [-0.3, -0.25) is 14.9 Å². The van der Waals surface area contributed by atoms with Gasteiger partial charge in [0.2, 0.25) is 5.75 Å². The minimum absolute atomic E-state index is 0.00949. The first-order chi connectivity index (χ1) is 16.0. The molecule has 2 rings (SSSR count). The lowest BCUT2D eigenvalue weighted by atomic mass is 10.0. The maximum absolute atomic E-state index is 12.9. The van der Waals surface area contributed by atoms with Gasteiger partial charge in [0.15, 0.2) is 5.78 Å². The second-order valence-corrected chi connectivity index (χ2v) is 8.65. The molecule has 1 heterocycles. The Morgan fingerprint density at radius 3 is 2.41 bits per heavy atom. The first-order valence-electron chi connectivity index (χ1n) is 9.83. The average molecular weight is 551 g/mol. The number of esters is 2. The van der Waals surface area contributed by atoms with E-state index in [1.807, 2.05) is 0 Å². The number of carbonyl (C=O) groups is 3. The van der Waals surface area contributed by atoms with E-state index >= 15 is 0 Å². The number of nitro benzene ring substituents is 1. The molecule has 1 aromatic heterocycles. The monoisotopic (exact) mass is 550 g/mol. The van der Waals surface area contributed by atoms with E-state index in [9.17, 15) is 34.9 Å². The van der Waals surface area contributed by atoms with Gasteiger partial charge < -0.3 is 14.6 Å². The highest BCUT2D eigenvalue weighted by Crippen LogP contribution is 2.36. The van der Waals surface area contributed by atoms with Crippen LogP contribution in [0.2, 0.25) is 0 Å². The summed E-state index contributed by atoms with van der Waals surface area (Å²) in [5.74, 6) is -2.63. The number of ketones is 1. The minimum atomic E-state index is -0.803. The summed E-state index contributed by atoms with van der Waals surface area (Å²) in [6, 6.07) is 4.08. The van der Waals surface area contributed by atoms with Crippen molar-refractivity contribution < 1.29 is 33.9 Å². The van der Waals surface area contributed by atoms with Crippen molar-refractivity contribution in [2.45, 2.75) is 27.2 Å². The quantitative estimate of drug-likeness (QED) is 0.156. The van der Waals surface area contributed by atoms with Crippen LogP contribution in [0.5, 0.6) is 5.75 Å². The summed E-state index contributed by atoms with van der Waals surface area (Å²) in [5, 5.41) is 30.5. The molecule has 1 aromatic carbocycles. The molecule has 2 aromatic rings. The highest BCUT2D eigenvalue weighted by molar-refractivity contribution is 9.10. The fraction of sp³-hybridized carbons (Fsp3) is 0.273. The van der Waals surface area contributed by atoms with Crippen molar-refractivity contribution in [3.05, 3.63) is 58.7 Å². The van der Waals surface area contributed by atoms with Crippen LogP contribution >= 0.6 is 27.3 Å². The lowest BCUT2D eigenvalue weighted by Gasteiger charge is -2.05. The van der Waals surface area contributed by atoms with Crippen molar-refractivity contribution in [1.82, 2.24) is 0 Å². The van der Waals surface area contributed by atoms with Gasteiger partial charge in [0.1, 0.15) is 10.9 Å². The first-order valence-corrected chi connectivity index (χ1v) is 11.4. The number of nitro groups is 1. The Morgan fingerprint density at radius 1 is 1.24 bits per heavy atom. The van der Waals surface area contributed by atoms with Crippen LogP contribution < -0.4 is 0 Å². The molecule has 0 amide bonds. The molecule has 178 valence electrons. The van der Waals surface area contributed by atoms with E-state index in [-0.39, 0.29) is 50.6 Å². The molecule has 0 aliphatic rings. The lowest BCUT2D eigenvalue weighted by Crippen LogP contribution is -2.12. The molecule has 0 saturated heterocycles. The second-order valence-electron chi connectivity index (χ2n) is 6.69. The average Bonchev–Trinajstić information content (AvgIpc) is 3.10. The fourth-order valence-corrected chi connectivity index (χ4v) is 4.62. The molecule has 0 atom stereocenters. The van der Waals surface area contributed by atoms with E-state index in [0.29, 0.717) is 5.56 Å². The summed E-state index contributed by atoms with van der Waals surface area (Å²) < 4.78 is 10.1. The molecule has 10 nitrogen and oxygen atoms in total. The molecule has 12 heteroatoms. The standard InChI is InChI=1S/C22H19BrN2O8S/c1-4-32-21(28)18-11(3)20(22(29)33-5-2)34-17(18)9-16(26)13(10-24)6-12-7-14(23)19(27)15(8-12)25(30)31/h6-8,27H,4-5,9H2,1-3H3/b13-6+. The number of halogens is 1. The third-order valence-electron chi connectivity index (χ3n) is 4.48. The normalized spacial score (nSPS) is 11.0. The highest BCUT2D eigenvalue weighted by Gasteiger charge is 2.28. The predicted molar refractivity (Wildman–Crippen MR) is 126 cm³/mol. The van der Waals surface area contributed by atoms with E-state index in [1.165, 1.54) is 13.0 Å². The highest BCUT2D eigenvalue weighted by atomic mass is 79.9. The number of hydrogen-bond acceptors (Lipinski definition) is 10. The van der Waals surface area contributed by atoms with Crippen molar-refractivity contribution in [2.24, 2.45) is 0 Å². The number of phenolic OH excluding ortho intramolecular Hbond substituents is 1. The molecule has 0 fully saturated rings. The van der Waals surface area contributed by atoms with E-state index in [1.54, 1.807) is 19.9 Å². The summed E-state index contributed by atoms with van der Waals surface area (Å²) >= 11 is 3.90. The zero-order valence-corrected chi connectivity index (χ0v) is 20.7. The van der Waals surface area contributed by atoms with Crippen LogP contribution in [0.4, 0.5) is 5.69 Å². The van der Waals surface area contributed by atoms with E-state index in [0.717, 1.165) is 23.5 Å². The van der Waals surface area contributed by atoms with Crippen LogP contribution in [0.1, 0.15) is 49.9 Å². The molecular formula is C22H19BrN2O8S. The van der Waals surface area contributed by atoms with Crippen molar-refractivity contribution in [2.75, 3.05) is 13.2 Å². The first kappa shape index (κ1) is 26.7. The molecule has 0 radical (unpaired) electrons. The Labute approximate surface area is 206 Å². The number of allylic oxidation sites excluding steroid dienone is 1. The number of nitriles is 1. The Hall–Kier alpha value is -3.56. The summed E-state index contributed by atoms with van der Waals surface area (Å²) in [5.41, 5.74) is -0.455. The third-order valence-corrected chi connectivity index (χ3v) is 6.35. The van der Waals surface area contributed by atoms with Crippen molar-refractivity contribution in [3.63, 3.8) is 0 Å². The van der Waals surface area contributed by atoms with Crippen LogP contribution in [0.25, 0.3) is 6.08 Å². The minimum Gasteiger partial charge on any atom is -0.501 e. The molecule has 0 aliphatic carbocycles. The maximum Gasteiger partial charge on any atom is 0.348 e. The number of thiophene rings is 1. The number of rotatable bonds is 9. The summed E-state index contributed by atoms with van der Waals surface area (Å²) in [6.45, 7) is 4.98. The SMILES string of the molecule is CCOC(=O)c1sc(CC(=O)/C(C#N)=C/c2cc(Br)c(O)c([N+](=O)[O-])c2)c(C(=O)OCC)c1C. The molecule has 34 heavy (non-hydrogen) atoms. The van der Waals surface area contributed by atoms with Crippen molar-refractivity contribution >= 4 is 56.8 Å². The topological polar surface area (TPSA) is 157 Å². The Morgan fingerprint density at radius 2 is 1.85 bits per heavy atom. The van der Waals surface area contributed by atoms with E-state index < -0.39 is 34.1 Å². The molecule has 1 N–H and O–H groups in total. The molecular weight excluding hydrogens is 532 g/mol. The second kappa shape index (κ2) is 11.5. The summed E-state index contributed by atoms with van der Waals surface area (Å²) in [4.78, 5) is 48.4. The molecule has 0 saturated carbocycles. The van der Waals surface area contributed by atoms with Gasteiger partial charge in [-0.1, -0.05) is 0 Å². The zero-order valence-electron chi connectivity index (χ0n) is 18.3. The van der Waals surface area contributed by atoms with Crippen LogP contribution in [0.3, 0.4) is 0 Å². The summed E-state index contributed by atoms with van der Waals surface area (Å²) in [6.07, 6.45) is 0.746. The van der Waals surface area contributed by atoms with Gasteiger partial charge in [0.25, 0.3) is 0 Å². The van der Waals surface area contributed by atoms with Gasteiger partial charge in [-0.2, -0.15) is 5.26 Å². The van der Waals surface area contributed by atoms with Crippen molar-refractivity contribution in [1.29, 1.82) is 5.26 Å². The fourth-order valence-electron chi connectivity index (χ4n) is 2.97. The van der Waals surface area contributed by atoms with Crippen molar-refractivity contribution in [3.8, 4) is 11.8 Å². The van der Waals surface area contributed by atoms with Crippen LogP contribution in [-0.4, -0.2) is 41.0 Å². The Kier molecular flexibility index (Phi) is 9.05. The summed E-state index contributed by atoms with van der Waals surface area (Å²) in [7, 11) is 0. The number of Topliss-reactive ketones (excluding diaryl/α,β-unsaturated/α-hetero) is 1. The Balaban J connectivity index is 2.50. The predicted octanol–water partition coefficient (Wildman–Crippen LogP) is 4.51. The Bertz CT molecular complexity index is 1240. The number of carbonyl (C=O) groups excluding carboxylic acids is 3. The third kappa shape index (κ3) is 5.86. The van der Waals surface area contributed by atoms with Crippen LogP contribution in [0, 0.1) is 28.4 Å². The van der Waals surface area contributed by atoms with Gasteiger partial charge in [-0.15, -0.1) is 11.3 Å². The lowest BCUT2D eigenvalue weighted by molar-refractivity contribution is -0.386. The number of benzene rings is 1.